The molecule has 2 heterocycles. The second kappa shape index (κ2) is 11.2. The highest BCUT2D eigenvalue weighted by atomic mass is 32.2. The summed E-state index contributed by atoms with van der Waals surface area (Å²) in [5.74, 6) is 3.91. The molecule has 0 aliphatic rings. The molecule has 1 amide bonds. The predicted molar refractivity (Wildman–Crippen MR) is 106 cm³/mol. The summed E-state index contributed by atoms with van der Waals surface area (Å²) in [6.07, 6.45) is 3.52. The van der Waals surface area contributed by atoms with Crippen LogP contribution in [0.2, 0.25) is 0 Å². The summed E-state index contributed by atoms with van der Waals surface area (Å²) in [5.41, 5.74) is 2.36. The number of thioether (sulfide) groups is 2. The number of rotatable bonds is 11. The summed E-state index contributed by atoms with van der Waals surface area (Å²) in [6.45, 7) is 1.61. The normalized spacial score (nSPS) is 11.0. The maximum atomic E-state index is 11.8. The van der Waals surface area contributed by atoms with Crippen molar-refractivity contribution in [2.24, 2.45) is 0 Å². The molecule has 5 nitrogen and oxygen atoms in total. The first-order valence-electron chi connectivity index (χ1n) is 8.16. The van der Waals surface area contributed by atoms with Crippen LogP contribution in [-0.4, -0.2) is 47.9 Å². The van der Waals surface area contributed by atoms with Crippen LogP contribution in [0.5, 0.6) is 0 Å². The van der Waals surface area contributed by atoms with Gasteiger partial charge in [0.2, 0.25) is 5.91 Å². The second-order valence-corrected chi connectivity index (χ2v) is 7.96. The van der Waals surface area contributed by atoms with Gasteiger partial charge in [0.1, 0.15) is 5.76 Å². The van der Waals surface area contributed by atoms with Crippen molar-refractivity contribution in [1.82, 2.24) is 15.2 Å². The fraction of sp³-hybridized carbons (Fsp3) is 0.444. The Morgan fingerprint density at radius 3 is 2.92 bits per heavy atom. The number of nitrogens with zero attached hydrogens (tertiary/aromatic N) is 2. The number of nitrogens with one attached hydrogen (secondary N) is 1. The molecule has 136 valence electrons. The van der Waals surface area contributed by atoms with Crippen LogP contribution in [0.4, 0.5) is 0 Å². The van der Waals surface area contributed by atoms with Crippen LogP contribution in [0.3, 0.4) is 0 Å². The SMILES string of the molecule is CN(C)Cc1ccnc(CSCCNC(=O)CSCc2ccco2)c1. The van der Waals surface area contributed by atoms with Gasteiger partial charge in [-0.2, -0.15) is 11.8 Å². The number of aromatic nitrogens is 1. The summed E-state index contributed by atoms with van der Waals surface area (Å²) in [5, 5.41) is 2.95. The Hall–Kier alpha value is -1.44. The monoisotopic (exact) mass is 379 g/mol. The Morgan fingerprint density at radius 2 is 2.16 bits per heavy atom. The van der Waals surface area contributed by atoms with E-state index in [1.165, 1.54) is 5.56 Å². The first-order chi connectivity index (χ1) is 12.1. The maximum absolute atomic E-state index is 11.8. The average Bonchev–Trinajstić information content (AvgIpc) is 3.08. The molecule has 25 heavy (non-hydrogen) atoms. The van der Waals surface area contributed by atoms with Crippen LogP contribution >= 0.6 is 23.5 Å². The number of furan rings is 1. The van der Waals surface area contributed by atoms with Crippen LogP contribution in [0.15, 0.2) is 41.1 Å². The second-order valence-electron chi connectivity index (χ2n) is 5.87. The van der Waals surface area contributed by atoms with E-state index < -0.39 is 0 Å². The van der Waals surface area contributed by atoms with Crippen LogP contribution in [0.25, 0.3) is 0 Å². The molecule has 0 aliphatic heterocycles. The van der Waals surface area contributed by atoms with E-state index in [2.05, 4.69) is 41.4 Å². The van der Waals surface area contributed by atoms with Crippen LogP contribution in [-0.2, 0) is 22.8 Å². The number of amides is 1. The van der Waals surface area contributed by atoms with Crippen molar-refractivity contribution in [2.75, 3.05) is 32.1 Å². The zero-order chi connectivity index (χ0) is 17.9. The number of hydrogen-bond donors (Lipinski definition) is 1. The van der Waals surface area contributed by atoms with Crippen molar-refractivity contribution >= 4 is 29.4 Å². The standard InChI is InChI=1S/C18H25N3O2S2/c1-21(2)11-15-5-6-19-16(10-15)12-24-9-7-20-18(22)14-25-13-17-4-3-8-23-17/h3-6,8,10H,7,9,11-14H2,1-2H3,(H,20,22). The zero-order valence-corrected chi connectivity index (χ0v) is 16.4. The Morgan fingerprint density at radius 1 is 1.28 bits per heavy atom. The van der Waals surface area contributed by atoms with E-state index in [9.17, 15) is 4.79 Å². The van der Waals surface area contributed by atoms with Crippen molar-refractivity contribution in [1.29, 1.82) is 0 Å². The molecule has 0 bridgehead atoms. The summed E-state index contributed by atoms with van der Waals surface area (Å²) in [6, 6.07) is 7.98. The number of carbonyl (C=O) groups is 1. The Labute approximate surface area is 158 Å². The van der Waals surface area contributed by atoms with Gasteiger partial charge in [0, 0.05) is 30.8 Å². The molecular weight excluding hydrogens is 354 g/mol. The molecule has 0 aromatic carbocycles. The molecule has 0 unspecified atom stereocenters. The lowest BCUT2D eigenvalue weighted by atomic mass is 10.2. The number of pyridine rings is 1. The van der Waals surface area contributed by atoms with Crippen molar-refractivity contribution < 1.29 is 9.21 Å². The van der Waals surface area contributed by atoms with Gasteiger partial charge in [0.05, 0.1) is 23.5 Å². The van der Waals surface area contributed by atoms with E-state index in [1.54, 1.807) is 29.8 Å². The minimum Gasteiger partial charge on any atom is -0.468 e. The highest BCUT2D eigenvalue weighted by Crippen LogP contribution is 2.13. The molecule has 2 aromatic rings. The summed E-state index contributed by atoms with van der Waals surface area (Å²) >= 11 is 3.34. The van der Waals surface area contributed by atoms with E-state index in [0.29, 0.717) is 12.3 Å². The van der Waals surface area contributed by atoms with Gasteiger partial charge in [-0.25, -0.2) is 0 Å². The first-order valence-corrected chi connectivity index (χ1v) is 10.5. The fourth-order valence-corrected chi connectivity index (χ4v) is 3.71. The fourth-order valence-electron chi connectivity index (χ4n) is 2.20. The summed E-state index contributed by atoms with van der Waals surface area (Å²) in [4.78, 5) is 18.3. The topological polar surface area (TPSA) is 58.4 Å². The van der Waals surface area contributed by atoms with Gasteiger partial charge < -0.3 is 14.6 Å². The van der Waals surface area contributed by atoms with Crippen molar-refractivity contribution in [3.8, 4) is 0 Å². The quantitative estimate of drug-likeness (QED) is 0.606. The van der Waals surface area contributed by atoms with Crippen molar-refractivity contribution in [3.05, 3.63) is 53.7 Å². The molecule has 0 spiro atoms. The molecule has 0 aliphatic carbocycles. The third kappa shape index (κ3) is 8.47. The molecule has 0 saturated heterocycles. The van der Waals surface area contributed by atoms with Crippen molar-refractivity contribution in [2.45, 2.75) is 18.1 Å². The van der Waals surface area contributed by atoms with Gasteiger partial charge in [-0.1, -0.05) is 0 Å². The predicted octanol–water partition coefficient (Wildman–Crippen LogP) is 3.02. The molecule has 2 aromatic heterocycles. The molecule has 1 N–H and O–H groups in total. The number of hydrogen-bond acceptors (Lipinski definition) is 6. The van der Waals surface area contributed by atoms with E-state index in [1.807, 2.05) is 18.3 Å². The maximum Gasteiger partial charge on any atom is 0.230 e. The lowest BCUT2D eigenvalue weighted by molar-refractivity contribution is -0.118. The molecule has 7 heteroatoms. The van der Waals surface area contributed by atoms with Gasteiger partial charge in [0.25, 0.3) is 0 Å². The Balaban J connectivity index is 1.54. The number of carbonyl (C=O) groups excluding carboxylic acids is 1. The first kappa shape index (κ1) is 19.9. The third-order valence-corrected chi connectivity index (χ3v) is 5.20. The highest BCUT2D eigenvalue weighted by Gasteiger charge is 2.03. The Kier molecular flexibility index (Phi) is 8.93. The molecule has 0 radical (unpaired) electrons. The Bertz CT molecular complexity index is 633. The largest absolute Gasteiger partial charge is 0.468 e. The zero-order valence-electron chi connectivity index (χ0n) is 14.7. The third-order valence-electron chi connectivity index (χ3n) is 3.26. The molecule has 0 atom stereocenters. The minimum atomic E-state index is 0.0725. The van der Waals surface area contributed by atoms with Crippen LogP contribution in [0.1, 0.15) is 17.0 Å². The van der Waals surface area contributed by atoms with E-state index in [4.69, 9.17) is 4.42 Å². The van der Waals surface area contributed by atoms with E-state index in [0.717, 1.165) is 35.3 Å². The lowest BCUT2D eigenvalue weighted by Gasteiger charge is -2.10. The molecule has 2 rings (SSSR count). The molecule has 0 saturated carbocycles. The van der Waals surface area contributed by atoms with Crippen LogP contribution < -0.4 is 5.32 Å². The van der Waals surface area contributed by atoms with Gasteiger partial charge in [-0.05, 0) is 43.9 Å². The molecule has 0 fully saturated rings. The van der Waals surface area contributed by atoms with E-state index >= 15 is 0 Å². The van der Waals surface area contributed by atoms with E-state index in [-0.39, 0.29) is 5.91 Å². The van der Waals surface area contributed by atoms with Gasteiger partial charge in [0.15, 0.2) is 0 Å². The highest BCUT2D eigenvalue weighted by molar-refractivity contribution is 7.99. The van der Waals surface area contributed by atoms with Crippen LogP contribution in [0, 0.1) is 0 Å². The summed E-state index contributed by atoms with van der Waals surface area (Å²) < 4.78 is 5.24. The van der Waals surface area contributed by atoms with Gasteiger partial charge in [-0.15, -0.1) is 11.8 Å². The smallest absolute Gasteiger partial charge is 0.230 e. The summed E-state index contributed by atoms with van der Waals surface area (Å²) in [7, 11) is 4.12. The van der Waals surface area contributed by atoms with Gasteiger partial charge >= 0.3 is 0 Å². The minimum absolute atomic E-state index is 0.0725. The molecular formula is C18H25N3O2S2. The average molecular weight is 380 g/mol. The van der Waals surface area contributed by atoms with Gasteiger partial charge in [-0.3, -0.25) is 9.78 Å². The lowest BCUT2D eigenvalue weighted by Crippen LogP contribution is -2.27. The van der Waals surface area contributed by atoms with Crippen molar-refractivity contribution in [3.63, 3.8) is 0 Å².